The molecule has 0 aromatic heterocycles. The SMILES string of the molecule is CCN(CC)C(=O)CO[C@@H]1CN(CCc2ccccc2)C(=O)CN(C(=O)[C@H]2CC(=O)N(CCOC)C2)C1. The van der Waals surface area contributed by atoms with Crippen molar-refractivity contribution >= 4 is 23.6 Å². The van der Waals surface area contributed by atoms with Gasteiger partial charge in [0.05, 0.1) is 25.2 Å². The van der Waals surface area contributed by atoms with Gasteiger partial charge in [0.25, 0.3) is 0 Å². The van der Waals surface area contributed by atoms with Crippen molar-refractivity contribution < 1.29 is 28.7 Å². The zero-order valence-corrected chi connectivity index (χ0v) is 22.3. The molecule has 2 fully saturated rings. The average molecular weight is 517 g/mol. The Labute approximate surface area is 219 Å². The van der Waals surface area contributed by atoms with Crippen LogP contribution >= 0.6 is 0 Å². The van der Waals surface area contributed by atoms with Gasteiger partial charge in [-0.3, -0.25) is 19.2 Å². The monoisotopic (exact) mass is 516 g/mol. The molecule has 0 N–H and O–H groups in total. The van der Waals surface area contributed by atoms with E-state index in [-0.39, 0.29) is 49.7 Å². The molecule has 10 heteroatoms. The highest BCUT2D eigenvalue weighted by Gasteiger charge is 2.39. The highest BCUT2D eigenvalue weighted by atomic mass is 16.5. The molecule has 0 saturated carbocycles. The van der Waals surface area contributed by atoms with Crippen molar-refractivity contribution in [3.63, 3.8) is 0 Å². The second kappa shape index (κ2) is 14.1. The molecule has 2 atom stereocenters. The Hall–Kier alpha value is -2.98. The second-order valence-corrected chi connectivity index (χ2v) is 9.53. The Bertz CT molecular complexity index is 923. The summed E-state index contributed by atoms with van der Waals surface area (Å²) in [5.74, 6) is -1.10. The summed E-state index contributed by atoms with van der Waals surface area (Å²) < 4.78 is 11.1. The summed E-state index contributed by atoms with van der Waals surface area (Å²) >= 11 is 0. The van der Waals surface area contributed by atoms with E-state index in [2.05, 4.69) is 0 Å². The van der Waals surface area contributed by atoms with Crippen LogP contribution in [0.3, 0.4) is 0 Å². The van der Waals surface area contributed by atoms with Crippen LogP contribution in [0.5, 0.6) is 0 Å². The van der Waals surface area contributed by atoms with Crippen LogP contribution in [-0.4, -0.2) is 122 Å². The maximum absolute atomic E-state index is 13.4. The quantitative estimate of drug-likeness (QED) is 0.405. The minimum atomic E-state index is -0.508. The molecule has 1 aromatic carbocycles. The third-order valence-corrected chi connectivity index (χ3v) is 7.04. The van der Waals surface area contributed by atoms with Gasteiger partial charge in [0.1, 0.15) is 6.61 Å². The second-order valence-electron chi connectivity index (χ2n) is 9.53. The Balaban J connectivity index is 1.70. The van der Waals surface area contributed by atoms with Gasteiger partial charge in [0.2, 0.25) is 23.6 Å². The van der Waals surface area contributed by atoms with Crippen LogP contribution < -0.4 is 0 Å². The lowest BCUT2D eigenvalue weighted by atomic mass is 10.1. The molecule has 0 radical (unpaired) electrons. The molecule has 3 rings (SSSR count). The summed E-state index contributed by atoms with van der Waals surface area (Å²) in [5, 5.41) is 0. The molecule has 2 saturated heterocycles. The molecular weight excluding hydrogens is 476 g/mol. The van der Waals surface area contributed by atoms with Crippen molar-refractivity contribution in [2.45, 2.75) is 32.8 Å². The summed E-state index contributed by atoms with van der Waals surface area (Å²) in [5.41, 5.74) is 1.11. The van der Waals surface area contributed by atoms with Crippen molar-refractivity contribution in [2.24, 2.45) is 5.92 Å². The molecule has 2 heterocycles. The molecule has 10 nitrogen and oxygen atoms in total. The molecule has 0 bridgehead atoms. The van der Waals surface area contributed by atoms with Gasteiger partial charge in [-0.05, 0) is 25.8 Å². The van der Waals surface area contributed by atoms with Crippen molar-refractivity contribution in [1.29, 1.82) is 0 Å². The van der Waals surface area contributed by atoms with Gasteiger partial charge in [-0.15, -0.1) is 0 Å². The summed E-state index contributed by atoms with van der Waals surface area (Å²) in [7, 11) is 1.57. The first-order valence-electron chi connectivity index (χ1n) is 13.1. The Morgan fingerprint density at radius 2 is 1.68 bits per heavy atom. The number of nitrogens with zero attached hydrogens (tertiary/aromatic N) is 4. The van der Waals surface area contributed by atoms with Crippen LogP contribution in [0.2, 0.25) is 0 Å². The summed E-state index contributed by atoms with van der Waals surface area (Å²) in [4.78, 5) is 58.2. The molecule has 2 aliphatic heterocycles. The van der Waals surface area contributed by atoms with Crippen LogP contribution in [0.15, 0.2) is 30.3 Å². The van der Waals surface area contributed by atoms with Gasteiger partial charge >= 0.3 is 0 Å². The molecular formula is C27H40N4O6. The van der Waals surface area contributed by atoms with Crippen LogP contribution in [0.4, 0.5) is 0 Å². The van der Waals surface area contributed by atoms with Gasteiger partial charge in [-0.2, -0.15) is 0 Å². The number of methoxy groups -OCH3 is 1. The van der Waals surface area contributed by atoms with Crippen LogP contribution in [0.1, 0.15) is 25.8 Å². The predicted octanol–water partition coefficient (Wildman–Crippen LogP) is 0.648. The Kier molecular flexibility index (Phi) is 10.9. The van der Waals surface area contributed by atoms with Crippen molar-refractivity contribution in [2.75, 3.05) is 72.7 Å². The number of carbonyl (C=O) groups is 4. The topological polar surface area (TPSA) is 99.7 Å². The van der Waals surface area contributed by atoms with E-state index in [9.17, 15) is 19.2 Å². The number of hydrogen-bond donors (Lipinski definition) is 0. The first-order valence-corrected chi connectivity index (χ1v) is 13.1. The van der Waals surface area contributed by atoms with Gasteiger partial charge in [-0.1, -0.05) is 30.3 Å². The van der Waals surface area contributed by atoms with E-state index in [4.69, 9.17) is 9.47 Å². The molecule has 0 aliphatic carbocycles. The van der Waals surface area contributed by atoms with Crippen molar-refractivity contribution in [3.8, 4) is 0 Å². The highest BCUT2D eigenvalue weighted by Crippen LogP contribution is 2.22. The third kappa shape index (κ3) is 8.00. The summed E-state index contributed by atoms with van der Waals surface area (Å²) in [6.45, 7) is 6.96. The van der Waals surface area contributed by atoms with E-state index >= 15 is 0 Å². The molecule has 204 valence electrons. The summed E-state index contributed by atoms with van der Waals surface area (Å²) in [6, 6.07) is 9.90. The molecule has 1 aromatic rings. The zero-order chi connectivity index (χ0) is 26.8. The van der Waals surface area contributed by atoms with E-state index in [0.717, 1.165) is 5.56 Å². The van der Waals surface area contributed by atoms with Gasteiger partial charge in [-0.25, -0.2) is 0 Å². The van der Waals surface area contributed by atoms with Crippen molar-refractivity contribution in [1.82, 2.24) is 19.6 Å². The number of amides is 4. The van der Waals surface area contributed by atoms with E-state index < -0.39 is 12.0 Å². The fourth-order valence-electron chi connectivity index (χ4n) is 4.85. The number of benzene rings is 1. The Morgan fingerprint density at radius 1 is 0.973 bits per heavy atom. The van der Waals surface area contributed by atoms with Crippen molar-refractivity contribution in [3.05, 3.63) is 35.9 Å². The fourth-order valence-corrected chi connectivity index (χ4v) is 4.85. The number of hydrogen-bond acceptors (Lipinski definition) is 6. The maximum atomic E-state index is 13.4. The van der Waals surface area contributed by atoms with Crippen LogP contribution in [0, 0.1) is 5.92 Å². The molecule has 37 heavy (non-hydrogen) atoms. The van der Waals surface area contributed by atoms with E-state index in [1.165, 1.54) is 4.90 Å². The lowest BCUT2D eigenvalue weighted by molar-refractivity contribution is -0.142. The normalized spacial score (nSPS) is 20.4. The zero-order valence-electron chi connectivity index (χ0n) is 22.3. The molecule has 2 aliphatic rings. The lowest BCUT2D eigenvalue weighted by Gasteiger charge is -2.27. The minimum Gasteiger partial charge on any atom is -0.383 e. The number of ether oxygens (including phenoxy) is 2. The number of likely N-dealkylation sites (N-methyl/N-ethyl adjacent to an activating group) is 1. The lowest BCUT2D eigenvalue weighted by Crippen LogP contribution is -2.44. The smallest absolute Gasteiger partial charge is 0.248 e. The predicted molar refractivity (Wildman–Crippen MR) is 138 cm³/mol. The van der Waals surface area contributed by atoms with E-state index in [0.29, 0.717) is 52.3 Å². The molecule has 0 unspecified atom stereocenters. The van der Waals surface area contributed by atoms with E-state index in [1.807, 2.05) is 44.2 Å². The fraction of sp³-hybridized carbons (Fsp3) is 0.630. The molecule has 4 amide bonds. The van der Waals surface area contributed by atoms with E-state index in [1.54, 1.807) is 21.8 Å². The number of likely N-dealkylation sites (tertiary alicyclic amines) is 1. The average Bonchev–Trinajstić information content (AvgIpc) is 3.19. The first kappa shape index (κ1) is 28.6. The number of carbonyl (C=O) groups excluding carboxylic acids is 4. The van der Waals surface area contributed by atoms with Crippen LogP contribution in [-0.2, 0) is 35.1 Å². The van der Waals surface area contributed by atoms with Crippen LogP contribution in [0.25, 0.3) is 0 Å². The van der Waals surface area contributed by atoms with Gasteiger partial charge < -0.3 is 29.1 Å². The largest absolute Gasteiger partial charge is 0.383 e. The number of rotatable bonds is 12. The minimum absolute atomic E-state index is 0.0692. The van der Waals surface area contributed by atoms with Gasteiger partial charge in [0.15, 0.2) is 0 Å². The summed E-state index contributed by atoms with van der Waals surface area (Å²) in [6.07, 6.45) is 0.293. The first-order chi connectivity index (χ1) is 17.9. The maximum Gasteiger partial charge on any atom is 0.248 e. The Morgan fingerprint density at radius 3 is 2.35 bits per heavy atom. The van der Waals surface area contributed by atoms with Gasteiger partial charge in [0, 0.05) is 59.3 Å². The third-order valence-electron chi connectivity index (χ3n) is 7.04. The standard InChI is InChI=1S/C27H40N4O6/c1-4-28(5-2)26(34)20-37-23-17-29(12-11-21-9-7-6-8-10-21)25(33)19-31(18-23)27(35)22-15-24(32)30(16-22)13-14-36-3/h6-10,22-23H,4-5,11-20H2,1-3H3/t22-,23+/m0/s1. The molecule has 0 spiro atoms. The highest BCUT2D eigenvalue weighted by molar-refractivity contribution is 5.91.